The summed E-state index contributed by atoms with van der Waals surface area (Å²) in [6, 6.07) is 0.312. The van der Waals surface area contributed by atoms with Gasteiger partial charge in [-0.25, -0.2) is 0 Å². The minimum atomic E-state index is 0.0537. The van der Waals surface area contributed by atoms with Crippen molar-refractivity contribution in [2.24, 2.45) is 4.99 Å². The second kappa shape index (κ2) is 3.81. The van der Waals surface area contributed by atoms with Gasteiger partial charge in [-0.15, -0.1) is 0 Å². The fraction of sp³-hybridized carbons (Fsp3) is 0.800. The zero-order chi connectivity index (χ0) is 5.70. The van der Waals surface area contributed by atoms with E-state index < -0.39 is 0 Å². The van der Waals surface area contributed by atoms with Gasteiger partial charge in [-0.1, -0.05) is 0 Å². The van der Waals surface area contributed by atoms with Crippen molar-refractivity contribution in [3.8, 4) is 0 Å². The fourth-order valence-electron chi connectivity index (χ4n) is 0.258. The first-order chi connectivity index (χ1) is 3.27. The molecule has 42 valence electrons. The van der Waals surface area contributed by atoms with Crippen LogP contribution in [0.5, 0.6) is 0 Å². The number of aliphatic hydroxyl groups excluding tert-OH is 1. The van der Waals surface area contributed by atoms with Gasteiger partial charge in [0, 0.05) is 12.3 Å². The molecule has 0 aromatic carbocycles. The van der Waals surface area contributed by atoms with Crippen molar-refractivity contribution < 1.29 is 5.11 Å². The number of nitrogens with zero attached hydrogens (tertiary/aromatic N) is 1. The number of rotatable bonds is 2. The summed E-state index contributed by atoms with van der Waals surface area (Å²) < 4.78 is 0. The van der Waals surface area contributed by atoms with E-state index in [1.165, 1.54) is 6.21 Å². The Bertz CT molecular complexity index is 59.1. The summed E-state index contributed by atoms with van der Waals surface area (Å²) in [6.07, 6.45) is 1.50. The molecule has 0 fully saturated rings. The van der Waals surface area contributed by atoms with Crippen LogP contribution in [0.4, 0.5) is 0 Å². The third-order valence-electron chi connectivity index (χ3n) is 0.485. The van der Waals surface area contributed by atoms with E-state index in [1.807, 2.05) is 13.8 Å². The lowest BCUT2D eigenvalue weighted by Crippen LogP contribution is -1.90. The summed E-state index contributed by atoms with van der Waals surface area (Å²) in [5, 5.41) is 8.17. The van der Waals surface area contributed by atoms with Gasteiger partial charge in [-0.2, -0.15) is 0 Å². The first-order valence-electron chi connectivity index (χ1n) is 2.40. The van der Waals surface area contributed by atoms with Crippen LogP contribution in [0.15, 0.2) is 4.99 Å². The van der Waals surface area contributed by atoms with Crippen molar-refractivity contribution in [3.05, 3.63) is 0 Å². The largest absolute Gasteiger partial charge is 0.391 e. The van der Waals surface area contributed by atoms with Crippen LogP contribution < -0.4 is 0 Å². The molecule has 1 N–H and O–H groups in total. The van der Waals surface area contributed by atoms with E-state index in [0.29, 0.717) is 6.04 Å². The number of aliphatic hydroxyl groups is 1. The second-order valence-electron chi connectivity index (χ2n) is 1.61. The molecular weight excluding hydrogens is 90.1 g/mol. The molecule has 0 radical (unpaired) electrons. The van der Waals surface area contributed by atoms with Crippen LogP contribution >= 0.6 is 0 Å². The number of aliphatic imine (C=N–C) groups is 1. The Morgan fingerprint density at radius 2 is 2.29 bits per heavy atom. The van der Waals surface area contributed by atoms with Crippen LogP contribution in [0.25, 0.3) is 0 Å². The molecule has 7 heavy (non-hydrogen) atoms. The molecule has 0 heterocycles. The molecule has 2 heteroatoms. The second-order valence-corrected chi connectivity index (χ2v) is 1.61. The third-order valence-corrected chi connectivity index (χ3v) is 0.485. The maximum atomic E-state index is 8.17. The molecule has 0 saturated carbocycles. The Hall–Kier alpha value is -0.370. The molecule has 2 nitrogen and oxygen atoms in total. The first-order valence-corrected chi connectivity index (χ1v) is 2.40. The molecule has 0 aliphatic heterocycles. The molecule has 0 aromatic rings. The summed E-state index contributed by atoms with van der Waals surface area (Å²) >= 11 is 0. The van der Waals surface area contributed by atoms with Gasteiger partial charge in [-0.05, 0) is 13.8 Å². The van der Waals surface area contributed by atoms with E-state index in [2.05, 4.69) is 4.99 Å². The average molecular weight is 101 g/mol. The molecule has 0 atom stereocenters. The monoisotopic (exact) mass is 101 g/mol. The predicted octanol–water partition coefficient (Wildman–Crippen LogP) is 0.458. The highest BCUT2D eigenvalue weighted by Gasteiger charge is 1.79. The summed E-state index contributed by atoms with van der Waals surface area (Å²) in [4.78, 5) is 3.87. The fourth-order valence-corrected chi connectivity index (χ4v) is 0.258. The van der Waals surface area contributed by atoms with Crippen LogP contribution in [0.2, 0.25) is 0 Å². The van der Waals surface area contributed by atoms with E-state index in [4.69, 9.17) is 5.11 Å². The maximum Gasteiger partial charge on any atom is 0.0779 e. The van der Waals surface area contributed by atoms with Crippen LogP contribution in [0.3, 0.4) is 0 Å². The van der Waals surface area contributed by atoms with Crippen molar-refractivity contribution in [2.75, 3.05) is 6.61 Å². The zero-order valence-electron chi connectivity index (χ0n) is 4.76. The minimum absolute atomic E-state index is 0.0537. The van der Waals surface area contributed by atoms with E-state index in [9.17, 15) is 0 Å². The lowest BCUT2D eigenvalue weighted by molar-refractivity contribution is 0.361. The van der Waals surface area contributed by atoms with E-state index in [1.54, 1.807) is 0 Å². The molecule has 0 amide bonds. The third kappa shape index (κ3) is 5.63. The Morgan fingerprint density at radius 1 is 1.71 bits per heavy atom. The van der Waals surface area contributed by atoms with Crippen molar-refractivity contribution in [2.45, 2.75) is 19.9 Å². The Kier molecular flexibility index (Phi) is 3.61. The van der Waals surface area contributed by atoms with Gasteiger partial charge in [-0.3, -0.25) is 4.99 Å². The highest BCUT2D eigenvalue weighted by Crippen LogP contribution is 1.80. The molecule has 0 aliphatic carbocycles. The average Bonchev–Trinajstić information content (AvgIpc) is 1.61. The van der Waals surface area contributed by atoms with Gasteiger partial charge in [0.1, 0.15) is 0 Å². The SMILES string of the molecule is CC(C)N=CCO. The minimum Gasteiger partial charge on any atom is -0.391 e. The van der Waals surface area contributed by atoms with Gasteiger partial charge in [0.25, 0.3) is 0 Å². The molecule has 0 spiro atoms. The molecule has 0 aliphatic rings. The Balaban J connectivity index is 3.08. The normalized spacial score (nSPS) is 11.4. The molecule has 0 unspecified atom stereocenters. The summed E-state index contributed by atoms with van der Waals surface area (Å²) in [5.41, 5.74) is 0. The zero-order valence-corrected chi connectivity index (χ0v) is 4.76. The topological polar surface area (TPSA) is 32.6 Å². The van der Waals surface area contributed by atoms with Crippen molar-refractivity contribution in [3.63, 3.8) is 0 Å². The first kappa shape index (κ1) is 6.63. The quantitative estimate of drug-likeness (QED) is 0.503. The van der Waals surface area contributed by atoms with Crippen LogP contribution in [0, 0.1) is 0 Å². The van der Waals surface area contributed by atoms with Gasteiger partial charge in [0.15, 0.2) is 0 Å². The molecule has 0 saturated heterocycles. The van der Waals surface area contributed by atoms with Crippen molar-refractivity contribution in [1.82, 2.24) is 0 Å². The van der Waals surface area contributed by atoms with E-state index in [0.717, 1.165) is 0 Å². The highest BCUT2D eigenvalue weighted by atomic mass is 16.2. The molecular formula is C5H11NO. The molecule has 0 rings (SSSR count). The van der Waals surface area contributed by atoms with Gasteiger partial charge >= 0.3 is 0 Å². The van der Waals surface area contributed by atoms with Crippen LogP contribution in [-0.2, 0) is 0 Å². The summed E-state index contributed by atoms with van der Waals surface area (Å²) in [6.45, 7) is 3.98. The highest BCUT2D eigenvalue weighted by molar-refractivity contribution is 5.58. The van der Waals surface area contributed by atoms with Gasteiger partial charge in [0.2, 0.25) is 0 Å². The van der Waals surface area contributed by atoms with Crippen LogP contribution in [-0.4, -0.2) is 24.0 Å². The van der Waals surface area contributed by atoms with Gasteiger partial charge < -0.3 is 5.11 Å². The number of hydrogen-bond acceptors (Lipinski definition) is 2. The van der Waals surface area contributed by atoms with Crippen LogP contribution in [0.1, 0.15) is 13.8 Å². The number of hydrogen-bond donors (Lipinski definition) is 1. The predicted molar refractivity (Wildman–Crippen MR) is 30.7 cm³/mol. The Labute approximate surface area is 43.9 Å². The van der Waals surface area contributed by atoms with Gasteiger partial charge in [0.05, 0.1) is 6.61 Å². The Morgan fingerprint density at radius 3 is 2.43 bits per heavy atom. The smallest absolute Gasteiger partial charge is 0.0779 e. The van der Waals surface area contributed by atoms with Crippen molar-refractivity contribution in [1.29, 1.82) is 0 Å². The van der Waals surface area contributed by atoms with E-state index >= 15 is 0 Å². The lowest BCUT2D eigenvalue weighted by Gasteiger charge is -1.89. The van der Waals surface area contributed by atoms with E-state index in [-0.39, 0.29) is 6.61 Å². The molecule has 0 bridgehead atoms. The maximum absolute atomic E-state index is 8.17. The van der Waals surface area contributed by atoms with Crippen molar-refractivity contribution >= 4 is 6.21 Å². The molecule has 0 aromatic heterocycles. The summed E-state index contributed by atoms with van der Waals surface area (Å²) in [7, 11) is 0. The lowest BCUT2D eigenvalue weighted by atomic mass is 10.4. The summed E-state index contributed by atoms with van der Waals surface area (Å²) in [5.74, 6) is 0. The standard InChI is InChI=1S/C5H11NO/c1-5(2)6-3-4-7/h3,5,7H,4H2,1-2H3.